The van der Waals surface area contributed by atoms with Crippen molar-refractivity contribution in [3.05, 3.63) is 61.1 Å². The van der Waals surface area contributed by atoms with Crippen LogP contribution in [0.1, 0.15) is 6.92 Å². The third-order valence-electron chi connectivity index (χ3n) is 3.50. The van der Waals surface area contributed by atoms with Gasteiger partial charge in [-0.05, 0) is 30.0 Å². The van der Waals surface area contributed by atoms with Crippen LogP contribution in [0, 0.1) is 0 Å². The Morgan fingerprint density at radius 2 is 1.83 bits per heavy atom. The van der Waals surface area contributed by atoms with Gasteiger partial charge < -0.3 is 8.98 Å². The van der Waals surface area contributed by atoms with Gasteiger partial charge in [0.25, 0.3) is 11.1 Å². The number of hydrogen-bond donors (Lipinski definition) is 0. The molecule has 0 aliphatic carbocycles. The van der Waals surface area contributed by atoms with Crippen LogP contribution in [-0.2, 0) is 0 Å². The summed E-state index contributed by atoms with van der Waals surface area (Å²) in [6, 6.07) is 13.9. The molecule has 3 heterocycles. The van der Waals surface area contributed by atoms with E-state index in [9.17, 15) is 0 Å². The highest BCUT2D eigenvalue weighted by Gasteiger charge is 2.20. The van der Waals surface area contributed by atoms with Crippen molar-refractivity contribution >= 4 is 11.8 Å². The number of thioether (sulfide) groups is 1. The third kappa shape index (κ3) is 2.63. The second-order valence-corrected chi connectivity index (χ2v) is 6.24. The van der Waals surface area contributed by atoms with Crippen LogP contribution in [0.4, 0.5) is 0 Å². The molecule has 0 unspecified atom stereocenters. The Hall–Kier alpha value is -2.80. The van der Waals surface area contributed by atoms with E-state index in [0.717, 1.165) is 22.8 Å². The molecule has 24 heavy (non-hydrogen) atoms. The van der Waals surface area contributed by atoms with Gasteiger partial charge in [-0.25, -0.2) is 4.68 Å². The van der Waals surface area contributed by atoms with Crippen molar-refractivity contribution in [1.82, 2.24) is 24.5 Å². The molecule has 0 saturated carbocycles. The summed E-state index contributed by atoms with van der Waals surface area (Å²) in [5.74, 6) is 2.22. The van der Waals surface area contributed by atoms with Gasteiger partial charge in [0.15, 0.2) is 5.82 Å². The van der Waals surface area contributed by atoms with E-state index in [0.29, 0.717) is 11.1 Å². The van der Waals surface area contributed by atoms with Gasteiger partial charge in [-0.3, -0.25) is 0 Å². The zero-order valence-electron chi connectivity index (χ0n) is 13.0. The highest BCUT2D eigenvalue weighted by atomic mass is 32.2. The number of benzene rings is 1. The topological polar surface area (TPSA) is 61.7 Å². The maximum Gasteiger partial charge on any atom is 0.276 e. The first kappa shape index (κ1) is 14.8. The van der Waals surface area contributed by atoms with Crippen LogP contribution in [0.2, 0.25) is 0 Å². The average Bonchev–Trinajstić information content (AvgIpc) is 3.35. The van der Waals surface area contributed by atoms with Gasteiger partial charge in [-0.1, -0.05) is 36.9 Å². The zero-order valence-corrected chi connectivity index (χ0v) is 13.8. The lowest BCUT2D eigenvalue weighted by Crippen LogP contribution is -2.04. The lowest BCUT2D eigenvalue weighted by Gasteiger charge is -2.09. The number of hydrogen-bond acceptors (Lipinski definition) is 5. The molecule has 0 bridgehead atoms. The molecule has 0 amide bonds. The third-order valence-corrected chi connectivity index (χ3v) is 4.20. The first-order valence-corrected chi connectivity index (χ1v) is 8.59. The average molecular weight is 337 g/mol. The minimum Gasteiger partial charge on any atom is -0.411 e. The van der Waals surface area contributed by atoms with E-state index >= 15 is 0 Å². The normalized spacial score (nSPS) is 11.0. The van der Waals surface area contributed by atoms with E-state index in [1.165, 1.54) is 11.8 Å². The van der Waals surface area contributed by atoms with Crippen LogP contribution in [0.15, 0.2) is 70.7 Å². The smallest absolute Gasteiger partial charge is 0.276 e. The van der Waals surface area contributed by atoms with E-state index < -0.39 is 0 Å². The molecule has 6 nitrogen and oxygen atoms in total. The molecule has 0 aliphatic heterocycles. The standard InChI is InChI=1S/C17H15N5OS/c1-2-24-17-20-19-15(23-17)14-12-18-22(13-8-4-3-5-9-13)16(14)21-10-6-7-11-21/h3-12H,2H2,1H3. The summed E-state index contributed by atoms with van der Waals surface area (Å²) in [5.41, 5.74) is 1.76. The summed E-state index contributed by atoms with van der Waals surface area (Å²) in [7, 11) is 0. The molecule has 120 valence electrons. The van der Waals surface area contributed by atoms with Crippen LogP contribution in [0.25, 0.3) is 23.0 Å². The molecule has 0 saturated heterocycles. The molecular formula is C17H15N5OS. The van der Waals surface area contributed by atoms with Crippen LogP contribution in [0.5, 0.6) is 0 Å². The number of rotatable bonds is 5. The van der Waals surface area contributed by atoms with Gasteiger partial charge in [0.1, 0.15) is 5.56 Å². The van der Waals surface area contributed by atoms with Crippen molar-refractivity contribution in [2.45, 2.75) is 12.1 Å². The fourth-order valence-electron chi connectivity index (χ4n) is 2.48. The predicted molar refractivity (Wildman–Crippen MR) is 92.6 cm³/mol. The largest absolute Gasteiger partial charge is 0.411 e. The SMILES string of the molecule is CCSc1nnc(-c2cnn(-c3ccccc3)c2-n2cccc2)o1. The Bertz CT molecular complexity index is 927. The van der Waals surface area contributed by atoms with Crippen molar-refractivity contribution in [3.63, 3.8) is 0 Å². The van der Waals surface area contributed by atoms with Gasteiger partial charge in [0.05, 0.1) is 11.9 Å². The van der Waals surface area contributed by atoms with E-state index in [2.05, 4.69) is 15.3 Å². The highest BCUT2D eigenvalue weighted by Crippen LogP contribution is 2.29. The van der Waals surface area contributed by atoms with Gasteiger partial charge in [-0.15, -0.1) is 10.2 Å². The maximum absolute atomic E-state index is 5.77. The van der Waals surface area contributed by atoms with Crippen LogP contribution in [0.3, 0.4) is 0 Å². The molecule has 1 aromatic carbocycles. The summed E-state index contributed by atoms with van der Waals surface area (Å²) in [4.78, 5) is 0. The highest BCUT2D eigenvalue weighted by molar-refractivity contribution is 7.99. The first-order chi connectivity index (χ1) is 11.9. The second kappa shape index (κ2) is 6.37. The van der Waals surface area contributed by atoms with E-state index in [1.54, 1.807) is 6.20 Å². The number of nitrogens with zero attached hydrogens (tertiary/aromatic N) is 5. The summed E-state index contributed by atoms with van der Waals surface area (Å²) in [6.07, 6.45) is 5.70. The molecule has 4 aromatic rings. The minimum atomic E-state index is 0.469. The Labute approximate surface area is 143 Å². The molecule has 0 atom stereocenters. The molecule has 4 rings (SSSR count). The van der Waals surface area contributed by atoms with Crippen molar-refractivity contribution in [1.29, 1.82) is 0 Å². The van der Waals surface area contributed by atoms with Crippen molar-refractivity contribution < 1.29 is 4.42 Å². The number of aromatic nitrogens is 5. The van der Waals surface area contributed by atoms with Crippen molar-refractivity contribution in [2.24, 2.45) is 0 Å². The first-order valence-electron chi connectivity index (χ1n) is 7.60. The quantitative estimate of drug-likeness (QED) is 0.518. The lowest BCUT2D eigenvalue weighted by molar-refractivity contribution is 0.466. The van der Waals surface area contributed by atoms with Gasteiger partial charge in [-0.2, -0.15) is 5.10 Å². The van der Waals surface area contributed by atoms with Crippen LogP contribution >= 0.6 is 11.8 Å². The van der Waals surface area contributed by atoms with E-state index in [4.69, 9.17) is 4.42 Å². The van der Waals surface area contributed by atoms with E-state index in [-0.39, 0.29) is 0 Å². The Morgan fingerprint density at radius 3 is 2.58 bits per heavy atom. The second-order valence-electron chi connectivity index (χ2n) is 5.03. The lowest BCUT2D eigenvalue weighted by atomic mass is 10.3. The van der Waals surface area contributed by atoms with Crippen LogP contribution < -0.4 is 0 Å². The summed E-state index contributed by atoms with van der Waals surface area (Å²) in [5, 5.41) is 13.4. The molecule has 0 aliphatic rings. The van der Waals surface area contributed by atoms with Crippen molar-refractivity contribution in [2.75, 3.05) is 5.75 Å². The zero-order chi connectivity index (χ0) is 16.4. The fraction of sp³-hybridized carbons (Fsp3) is 0.118. The minimum absolute atomic E-state index is 0.469. The molecule has 0 fully saturated rings. The van der Waals surface area contributed by atoms with Gasteiger partial charge >= 0.3 is 0 Å². The Morgan fingerprint density at radius 1 is 1.04 bits per heavy atom. The maximum atomic E-state index is 5.77. The monoisotopic (exact) mass is 337 g/mol. The Balaban J connectivity index is 1.87. The Kier molecular flexibility index (Phi) is 3.92. The van der Waals surface area contributed by atoms with Gasteiger partial charge in [0.2, 0.25) is 0 Å². The number of para-hydroxylation sites is 1. The van der Waals surface area contributed by atoms with Gasteiger partial charge in [0, 0.05) is 12.4 Å². The molecule has 7 heteroatoms. The molecule has 3 aromatic heterocycles. The molecule has 0 N–H and O–H groups in total. The summed E-state index contributed by atoms with van der Waals surface area (Å²) in [6.45, 7) is 2.05. The summed E-state index contributed by atoms with van der Waals surface area (Å²) < 4.78 is 9.63. The predicted octanol–water partition coefficient (Wildman–Crippen LogP) is 3.83. The molecule has 0 radical (unpaired) electrons. The fourth-order valence-corrected chi connectivity index (χ4v) is 2.96. The summed E-state index contributed by atoms with van der Waals surface area (Å²) >= 11 is 1.52. The molecular weight excluding hydrogens is 322 g/mol. The van der Waals surface area contributed by atoms with Crippen LogP contribution in [-0.4, -0.2) is 30.3 Å². The molecule has 0 spiro atoms. The van der Waals surface area contributed by atoms with Crippen molar-refractivity contribution in [3.8, 4) is 23.0 Å². The van der Waals surface area contributed by atoms with E-state index in [1.807, 2.05) is 71.0 Å².